The average molecular weight is 356 g/mol. The fraction of sp³-hybridized carbons (Fsp3) is 0.579. The van der Waals surface area contributed by atoms with Crippen molar-refractivity contribution in [2.45, 2.75) is 45.4 Å². The number of guanidine groups is 1. The van der Waals surface area contributed by atoms with Gasteiger partial charge >= 0.3 is 0 Å². The summed E-state index contributed by atoms with van der Waals surface area (Å²) in [5.41, 5.74) is 1.13. The molecule has 0 unspecified atom stereocenters. The molecule has 26 heavy (non-hydrogen) atoms. The van der Waals surface area contributed by atoms with Crippen molar-refractivity contribution in [3.63, 3.8) is 0 Å². The highest BCUT2D eigenvalue weighted by Crippen LogP contribution is 2.40. The smallest absolute Gasteiger partial charge is 0.276 e. The molecular formula is C19H28N6O. The quantitative estimate of drug-likeness (QED) is 0.586. The van der Waals surface area contributed by atoms with Crippen molar-refractivity contribution < 1.29 is 4.52 Å². The zero-order valence-corrected chi connectivity index (χ0v) is 15.7. The standard InChI is InChI=1S/C19H28N6O/c1-3-19(10-5-6-11-19)14-23-18(20-2)22-13-9-16-24-17(26-25-16)15-8-4-7-12-21-15/h4,7-8,12H,3,5-6,9-11,13-14H2,1-2H3,(H2,20,22,23). The van der Waals surface area contributed by atoms with E-state index in [2.05, 4.69) is 37.7 Å². The number of nitrogens with one attached hydrogen (secondary N) is 2. The van der Waals surface area contributed by atoms with Crippen LogP contribution in [0.2, 0.25) is 0 Å². The molecule has 7 nitrogen and oxygen atoms in total. The molecular weight excluding hydrogens is 328 g/mol. The first kappa shape index (κ1) is 18.4. The van der Waals surface area contributed by atoms with Gasteiger partial charge in [0, 0.05) is 32.8 Å². The monoisotopic (exact) mass is 356 g/mol. The summed E-state index contributed by atoms with van der Waals surface area (Å²) in [6.07, 6.45) is 8.91. The summed E-state index contributed by atoms with van der Waals surface area (Å²) in [6, 6.07) is 5.61. The van der Waals surface area contributed by atoms with Crippen molar-refractivity contribution in [2.75, 3.05) is 20.1 Å². The van der Waals surface area contributed by atoms with Gasteiger partial charge < -0.3 is 15.2 Å². The Bertz CT molecular complexity index is 706. The molecule has 2 aromatic rings. The second kappa shape index (κ2) is 8.78. The van der Waals surface area contributed by atoms with Crippen LogP contribution in [-0.2, 0) is 6.42 Å². The van der Waals surface area contributed by atoms with Gasteiger partial charge in [-0.15, -0.1) is 0 Å². The Morgan fingerprint density at radius 3 is 2.81 bits per heavy atom. The number of hydrogen-bond acceptors (Lipinski definition) is 5. The molecule has 1 aliphatic rings. The zero-order valence-electron chi connectivity index (χ0n) is 15.7. The fourth-order valence-corrected chi connectivity index (χ4v) is 3.51. The van der Waals surface area contributed by atoms with E-state index in [4.69, 9.17) is 4.52 Å². The molecule has 0 aromatic carbocycles. The molecule has 0 spiro atoms. The van der Waals surface area contributed by atoms with Crippen LogP contribution in [0.5, 0.6) is 0 Å². The van der Waals surface area contributed by atoms with E-state index >= 15 is 0 Å². The van der Waals surface area contributed by atoms with Crippen LogP contribution in [0.15, 0.2) is 33.9 Å². The summed E-state index contributed by atoms with van der Waals surface area (Å²) in [5.74, 6) is 1.95. The first-order chi connectivity index (χ1) is 12.7. The molecule has 2 N–H and O–H groups in total. The Morgan fingerprint density at radius 1 is 1.27 bits per heavy atom. The first-order valence-corrected chi connectivity index (χ1v) is 9.43. The number of aromatic nitrogens is 3. The minimum absolute atomic E-state index is 0.433. The third-order valence-electron chi connectivity index (χ3n) is 5.26. The number of pyridine rings is 1. The van der Waals surface area contributed by atoms with E-state index in [-0.39, 0.29) is 0 Å². The second-order valence-electron chi connectivity index (χ2n) is 6.89. The van der Waals surface area contributed by atoms with Crippen LogP contribution in [0.4, 0.5) is 0 Å². The summed E-state index contributed by atoms with van der Waals surface area (Å²) in [7, 11) is 1.80. The molecule has 1 saturated carbocycles. The Labute approximate surface area is 154 Å². The van der Waals surface area contributed by atoms with Gasteiger partial charge in [0.1, 0.15) is 5.69 Å². The molecule has 0 radical (unpaired) electrons. The molecule has 0 bridgehead atoms. The van der Waals surface area contributed by atoms with E-state index in [1.165, 1.54) is 32.1 Å². The second-order valence-corrected chi connectivity index (χ2v) is 6.89. The Balaban J connectivity index is 1.45. The van der Waals surface area contributed by atoms with E-state index in [1.54, 1.807) is 13.2 Å². The highest BCUT2D eigenvalue weighted by Gasteiger charge is 2.31. The van der Waals surface area contributed by atoms with Gasteiger partial charge in [-0.25, -0.2) is 0 Å². The maximum Gasteiger partial charge on any atom is 0.276 e. The van der Waals surface area contributed by atoms with Gasteiger partial charge in [-0.1, -0.05) is 31.0 Å². The van der Waals surface area contributed by atoms with Gasteiger partial charge in [-0.3, -0.25) is 9.98 Å². The fourth-order valence-electron chi connectivity index (χ4n) is 3.51. The van der Waals surface area contributed by atoms with Gasteiger partial charge in [0.15, 0.2) is 11.8 Å². The van der Waals surface area contributed by atoms with Crippen LogP contribution in [0.25, 0.3) is 11.6 Å². The maximum absolute atomic E-state index is 5.28. The van der Waals surface area contributed by atoms with Crippen molar-refractivity contribution in [3.05, 3.63) is 30.2 Å². The van der Waals surface area contributed by atoms with Crippen LogP contribution in [0, 0.1) is 5.41 Å². The zero-order chi connectivity index (χ0) is 18.2. The molecule has 0 atom stereocenters. The highest BCUT2D eigenvalue weighted by atomic mass is 16.5. The van der Waals surface area contributed by atoms with Crippen LogP contribution >= 0.6 is 0 Å². The first-order valence-electron chi connectivity index (χ1n) is 9.43. The number of nitrogens with zero attached hydrogens (tertiary/aromatic N) is 4. The molecule has 3 rings (SSSR count). The summed E-state index contributed by atoms with van der Waals surface area (Å²) >= 11 is 0. The molecule has 0 aliphatic heterocycles. The molecule has 2 heterocycles. The summed E-state index contributed by atoms with van der Waals surface area (Å²) in [6.45, 7) is 3.97. The SMILES string of the molecule is CCC1(CNC(=NC)NCCc2noc(-c3ccccn3)n2)CCCC1. The largest absolute Gasteiger partial charge is 0.356 e. The molecule has 0 amide bonds. The van der Waals surface area contributed by atoms with Crippen LogP contribution in [-0.4, -0.2) is 41.2 Å². The predicted molar refractivity (Wildman–Crippen MR) is 102 cm³/mol. The predicted octanol–water partition coefficient (Wildman–Crippen LogP) is 2.81. The molecule has 140 valence electrons. The molecule has 7 heteroatoms. The van der Waals surface area contributed by atoms with Crippen LogP contribution in [0.1, 0.15) is 44.9 Å². The van der Waals surface area contributed by atoms with E-state index < -0.39 is 0 Å². The maximum atomic E-state index is 5.28. The average Bonchev–Trinajstić information content (AvgIpc) is 3.35. The van der Waals surface area contributed by atoms with Crippen molar-refractivity contribution >= 4 is 5.96 Å². The molecule has 0 saturated heterocycles. The van der Waals surface area contributed by atoms with Gasteiger partial charge in [0.05, 0.1) is 0 Å². The molecule has 2 aromatic heterocycles. The van der Waals surface area contributed by atoms with Crippen LogP contribution < -0.4 is 10.6 Å². The highest BCUT2D eigenvalue weighted by molar-refractivity contribution is 5.79. The Kier molecular flexibility index (Phi) is 6.20. The lowest BCUT2D eigenvalue weighted by molar-refractivity contribution is 0.283. The van der Waals surface area contributed by atoms with Crippen LogP contribution in [0.3, 0.4) is 0 Å². The third-order valence-corrected chi connectivity index (χ3v) is 5.26. The molecule has 1 fully saturated rings. The minimum atomic E-state index is 0.433. The summed E-state index contributed by atoms with van der Waals surface area (Å²) in [4.78, 5) is 12.9. The Hall–Kier alpha value is -2.44. The van der Waals surface area contributed by atoms with Gasteiger partial charge in [-0.2, -0.15) is 4.98 Å². The summed E-state index contributed by atoms with van der Waals surface area (Å²) < 4.78 is 5.28. The van der Waals surface area contributed by atoms with Gasteiger partial charge in [0.25, 0.3) is 5.89 Å². The van der Waals surface area contributed by atoms with E-state index in [1.807, 2.05) is 18.2 Å². The van der Waals surface area contributed by atoms with Gasteiger partial charge in [0.2, 0.25) is 0 Å². The van der Waals surface area contributed by atoms with Crippen molar-refractivity contribution in [2.24, 2.45) is 10.4 Å². The van der Waals surface area contributed by atoms with Crippen molar-refractivity contribution in [3.8, 4) is 11.6 Å². The third kappa shape index (κ3) is 4.59. The van der Waals surface area contributed by atoms with E-state index in [0.29, 0.717) is 35.8 Å². The van der Waals surface area contributed by atoms with E-state index in [0.717, 1.165) is 12.5 Å². The lowest BCUT2D eigenvalue weighted by atomic mass is 9.83. The number of rotatable bonds is 7. The topological polar surface area (TPSA) is 88.2 Å². The van der Waals surface area contributed by atoms with Crippen molar-refractivity contribution in [1.29, 1.82) is 0 Å². The summed E-state index contributed by atoms with van der Waals surface area (Å²) in [5, 5.41) is 10.8. The number of hydrogen-bond donors (Lipinski definition) is 2. The normalized spacial score (nSPS) is 16.6. The molecule has 1 aliphatic carbocycles. The lowest BCUT2D eigenvalue weighted by Crippen LogP contribution is -2.43. The lowest BCUT2D eigenvalue weighted by Gasteiger charge is -2.28. The Morgan fingerprint density at radius 2 is 2.12 bits per heavy atom. The van der Waals surface area contributed by atoms with E-state index in [9.17, 15) is 0 Å². The minimum Gasteiger partial charge on any atom is -0.356 e. The van der Waals surface area contributed by atoms with Gasteiger partial charge in [-0.05, 0) is 36.8 Å². The van der Waals surface area contributed by atoms with Crippen molar-refractivity contribution in [1.82, 2.24) is 25.8 Å². The number of aliphatic imine (C=N–C) groups is 1.